The van der Waals surface area contributed by atoms with Crippen LogP contribution in [0.3, 0.4) is 0 Å². The van der Waals surface area contributed by atoms with Crippen molar-refractivity contribution in [2.75, 3.05) is 0 Å². The Hall–Kier alpha value is -2.92. The minimum absolute atomic E-state index is 0.0287. The van der Waals surface area contributed by atoms with Gasteiger partial charge in [0.2, 0.25) is 0 Å². The van der Waals surface area contributed by atoms with Crippen molar-refractivity contribution in [1.29, 1.82) is 0 Å². The van der Waals surface area contributed by atoms with E-state index in [0.717, 1.165) is 35.1 Å². The second-order valence-electron chi connectivity index (χ2n) is 10.1. The first-order valence-corrected chi connectivity index (χ1v) is 13.1. The van der Waals surface area contributed by atoms with Gasteiger partial charge in [-0.05, 0) is 65.1 Å². The van der Waals surface area contributed by atoms with Crippen LogP contribution in [0.5, 0.6) is 0 Å². The normalized spacial score (nSPS) is 11.7. The Morgan fingerprint density at radius 3 is 2.20 bits per heavy atom. The van der Waals surface area contributed by atoms with E-state index in [1.54, 1.807) is 9.25 Å². The van der Waals surface area contributed by atoms with Crippen LogP contribution in [0.15, 0.2) is 82.1 Å². The molecular weight excluding hydrogens is 498 g/mol. The monoisotopic (exact) mass is 531 g/mol. The molecule has 0 aliphatic rings. The van der Waals surface area contributed by atoms with Gasteiger partial charge in [-0.25, -0.2) is 9.48 Å². The average Bonchev–Trinajstić information content (AvgIpc) is 3.13. The van der Waals surface area contributed by atoms with Crippen LogP contribution in [0.1, 0.15) is 56.6 Å². The van der Waals surface area contributed by atoms with E-state index in [0.29, 0.717) is 13.1 Å². The van der Waals surface area contributed by atoms with Crippen LogP contribution in [0.4, 0.5) is 0 Å². The number of aryl methyl sites for hydroxylation is 2. The lowest BCUT2D eigenvalue weighted by Gasteiger charge is -2.19. The molecule has 0 saturated carbocycles. The maximum absolute atomic E-state index is 13.0. The molecule has 0 N–H and O–H groups in total. The number of rotatable bonds is 8. The molecule has 0 atom stereocenters. The third kappa shape index (κ3) is 6.21. The van der Waals surface area contributed by atoms with Crippen LogP contribution in [-0.4, -0.2) is 14.3 Å². The molecule has 35 heavy (non-hydrogen) atoms. The molecule has 1 heterocycles. The first kappa shape index (κ1) is 25.2. The summed E-state index contributed by atoms with van der Waals surface area (Å²) >= 11 is 3.56. The molecule has 0 aliphatic carbocycles. The molecule has 4 aromatic rings. The quantitative estimate of drug-likeness (QED) is 0.245. The van der Waals surface area contributed by atoms with Crippen LogP contribution in [0, 0.1) is 0 Å². The van der Waals surface area contributed by atoms with Crippen molar-refractivity contribution in [2.45, 2.75) is 65.5 Å². The van der Waals surface area contributed by atoms with Crippen molar-refractivity contribution in [1.82, 2.24) is 14.3 Å². The predicted molar refractivity (Wildman–Crippen MR) is 148 cm³/mol. The summed E-state index contributed by atoms with van der Waals surface area (Å²) in [4.78, 5) is 13.0. The molecule has 1 aromatic heterocycles. The summed E-state index contributed by atoms with van der Waals surface area (Å²) in [5.74, 6) is 0.868. The van der Waals surface area contributed by atoms with Gasteiger partial charge < -0.3 is 0 Å². The standard InChI is InChI=1S/C30H34BrN3O/c1-5-33-28(32-34(29(33)35)21-23-15-17-26(18-16-23)30(2,3)4)14-7-10-22-9-6-11-24(19-22)25-12-8-13-27(31)20-25/h6,8-9,11-13,15-20H,5,7,10,14,21H2,1-4H3. The molecule has 0 saturated heterocycles. The highest BCUT2D eigenvalue weighted by Gasteiger charge is 2.15. The fraction of sp³-hybridized carbons (Fsp3) is 0.333. The first-order valence-electron chi connectivity index (χ1n) is 12.4. The Kier molecular flexibility index (Phi) is 7.75. The maximum Gasteiger partial charge on any atom is 0.346 e. The molecular formula is C30H34BrN3O. The van der Waals surface area contributed by atoms with E-state index < -0.39 is 0 Å². The second kappa shape index (κ2) is 10.8. The van der Waals surface area contributed by atoms with Crippen molar-refractivity contribution >= 4 is 15.9 Å². The highest BCUT2D eigenvalue weighted by atomic mass is 79.9. The first-order chi connectivity index (χ1) is 16.7. The zero-order valence-corrected chi connectivity index (χ0v) is 22.7. The summed E-state index contributed by atoms with van der Waals surface area (Å²) in [6.07, 6.45) is 2.67. The Bertz CT molecular complexity index is 1340. The van der Waals surface area contributed by atoms with E-state index >= 15 is 0 Å². The van der Waals surface area contributed by atoms with Gasteiger partial charge in [0.1, 0.15) is 5.82 Å². The third-order valence-electron chi connectivity index (χ3n) is 6.42. The van der Waals surface area contributed by atoms with E-state index in [1.165, 1.54) is 22.3 Å². The number of hydrogen-bond donors (Lipinski definition) is 0. The molecule has 0 bridgehead atoms. The number of benzene rings is 3. The number of hydrogen-bond acceptors (Lipinski definition) is 2. The predicted octanol–water partition coefficient (Wildman–Crippen LogP) is 7.02. The number of aromatic nitrogens is 3. The minimum Gasteiger partial charge on any atom is -0.279 e. The van der Waals surface area contributed by atoms with Crippen LogP contribution in [0.2, 0.25) is 0 Å². The van der Waals surface area contributed by atoms with E-state index in [1.807, 2.05) is 13.0 Å². The Balaban J connectivity index is 1.44. The molecule has 0 amide bonds. The topological polar surface area (TPSA) is 39.8 Å². The third-order valence-corrected chi connectivity index (χ3v) is 6.91. The Morgan fingerprint density at radius 2 is 1.54 bits per heavy atom. The largest absolute Gasteiger partial charge is 0.346 e. The summed E-state index contributed by atoms with van der Waals surface area (Å²) in [7, 11) is 0. The fourth-order valence-corrected chi connectivity index (χ4v) is 4.80. The van der Waals surface area contributed by atoms with Gasteiger partial charge in [0, 0.05) is 17.4 Å². The van der Waals surface area contributed by atoms with Gasteiger partial charge in [0.05, 0.1) is 6.54 Å². The van der Waals surface area contributed by atoms with Gasteiger partial charge in [-0.15, -0.1) is 0 Å². The lowest BCUT2D eigenvalue weighted by Crippen LogP contribution is -2.25. The average molecular weight is 533 g/mol. The Labute approximate surface area is 216 Å². The maximum atomic E-state index is 13.0. The van der Waals surface area contributed by atoms with Gasteiger partial charge in [0.15, 0.2) is 0 Å². The van der Waals surface area contributed by atoms with E-state index in [4.69, 9.17) is 5.10 Å². The second-order valence-corrected chi connectivity index (χ2v) is 11.0. The molecule has 0 radical (unpaired) electrons. The van der Waals surface area contributed by atoms with Crippen molar-refractivity contribution in [3.05, 3.63) is 110 Å². The van der Waals surface area contributed by atoms with Crippen LogP contribution < -0.4 is 5.69 Å². The van der Waals surface area contributed by atoms with Gasteiger partial charge in [-0.3, -0.25) is 4.57 Å². The molecule has 0 unspecified atom stereocenters. The van der Waals surface area contributed by atoms with E-state index in [-0.39, 0.29) is 11.1 Å². The summed E-state index contributed by atoms with van der Waals surface area (Å²) < 4.78 is 4.50. The molecule has 0 fully saturated rings. The summed E-state index contributed by atoms with van der Waals surface area (Å²) in [6, 6.07) is 25.6. The minimum atomic E-state index is -0.0287. The lowest BCUT2D eigenvalue weighted by molar-refractivity contribution is 0.588. The molecule has 4 rings (SSSR count). The smallest absolute Gasteiger partial charge is 0.279 e. The zero-order valence-electron chi connectivity index (χ0n) is 21.1. The fourth-order valence-electron chi connectivity index (χ4n) is 4.40. The molecule has 0 aliphatic heterocycles. The molecule has 3 aromatic carbocycles. The van der Waals surface area contributed by atoms with Gasteiger partial charge in [-0.2, -0.15) is 5.10 Å². The lowest BCUT2D eigenvalue weighted by atomic mass is 9.87. The van der Waals surface area contributed by atoms with Gasteiger partial charge in [0.25, 0.3) is 0 Å². The molecule has 182 valence electrons. The summed E-state index contributed by atoms with van der Waals surface area (Å²) in [5, 5.41) is 4.71. The van der Waals surface area contributed by atoms with Crippen molar-refractivity contribution in [3.8, 4) is 11.1 Å². The summed E-state index contributed by atoms with van der Waals surface area (Å²) in [5.41, 5.74) is 6.19. The van der Waals surface area contributed by atoms with Crippen molar-refractivity contribution < 1.29 is 0 Å². The van der Waals surface area contributed by atoms with Crippen molar-refractivity contribution in [2.24, 2.45) is 0 Å². The highest BCUT2D eigenvalue weighted by Crippen LogP contribution is 2.25. The van der Waals surface area contributed by atoms with Gasteiger partial charge in [-0.1, -0.05) is 97.4 Å². The van der Waals surface area contributed by atoms with Crippen LogP contribution in [-0.2, 0) is 31.3 Å². The van der Waals surface area contributed by atoms with Gasteiger partial charge >= 0.3 is 5.69 Å². The van der Waals surface area contributed by atoms with Crippen molar-refractivity contribution in [3.63, 3.8) is 0 Å². The number of halogens is 1. The van der Waals surface area contributed by atoms with E-state index in [9.17, 15) is 4.79 Å². The van der Waals surface area contributed by atoms with Crippen LogP contribution >= 0.6 is 15.9 Å². The Morgan fingerprint density at radius 1 is 0.857 bits per heavy atom. The molecule has 0 spiro atoms. The number of nitrogens with zero attached hydrogens (tertiary/aromatic N) is 3. The highest BCUT2D eigenvalue weighted by molar-refractivity contribution is 9.10. The SMILES string of the molecule is CCn1c(CCCc2cccc(-c3cccc(Br)c3)c2)nn(Cc2ccc(C(C)(C)C)cc2)c1=O. The van der Waals surface area contributed by atoms with Crippen LogP contribution in [0.25, 0.3) is 11.1 Å². The zero-order chi connectivity index (χ0) is 25.0. The molecule has 5 heteroatoms. The van der Waals surface area contributed by atoms with E-state index in [2.05, 4.69) is 103 Å². The molecule has 4 nitrogen and oxygen atoms in total. The summed E-state index contributed by atoms with van der Waals surface area (Å²) in [6.45, 7) is 9.76.